The molecule has 1 aromatic heterocycles. The number of allylic oxidation sites excluding steroid dienone is 1. The van der Waals surface area contributed by atoms with Crippen molar-refractivity contribution in [1.29, 1.82) is 0 Å². The van der Waals surface area contributed by atoms with Crippen LogP contribution in [0.5, 0.6) is 0 Å². The molecule has 3 aliphatic rings. The van der Waals surface area contributed by atoms with Crippen LogP contribution in [0.3, 0.4) is 0 Å². The molecule has 7 heteroatoms. The molecule has 4 nitrogen and oxygen atoms in total. The molecule has 1 fully saturated rings. The van der Waals surface area contributed by atoms with Crippen LogP contribution in [-0.2, 0) is 16.8 Å². The van der Waals surface area contributed by atoms with Gasteiger partial charge in [0.2, 0.25) is 0 Å². The van der Waals surface area contributed by atoms with E-state index < -0.39 is 4.30 Å². The summed E-state index contributed by atoms with van der Waals surface area (Å²) in [6.07, 6.45) is 5.51. The monoisotopic (exact) mass is 428 g/mol. The molecule has 0 unspecified atom stereocenters. The predicted molar refractivity (Wildman–Crippen MR) is 112 cm³/mol. The number of carbonyl (C=O) groups is 1. The number of rotatable bonds is 1. The summed E-state index contributed by atoms with van der Waals surface area (Å²) in [6, 6.07) is 8.60. The number of alkyl halides is 3. The van der Waals surface area contributed by atoms with Gasteiger partial charge in [-0.2, -0.15) is 0 Å². The molecule has 27 heavy (non-hydrogen) atoms. The lowest BCUT2D eigenvalue weighted by molar-refractivity contribution is -0.114. The third kappa shape index (κ3) is 3.54. The average molecular weight is 430 g/mol. The Bertz CT molecular complexity index is 890. The van der Waals surface area contributed by atoms with Gasteiger partial charge in [-0.1, -0.05) is 59.1 Å². The van der Waals surface area contributed by atoms with E-state index in [4.69, 9.17) is 34.8 Å². The fraction of sp³-hybridized carbons (Fsp3) is 0.450. The normalized spacial score (nSPS) is 25.8. The number of fused-ring (bicyclic) bond motifs is 4. The lowest BCUT2D eigenvalue weighted by Gasteiger charge is -2.41. The molecule has 0 saturated carbocycles. The number of aromatic nitrogens is 1. The first-order valence-electron chi connectivity index (χ1n) is 8.90. The number of H-pyrrole nitrogens is 1. The van der Waals surface area contributed by atoms with Crippen molar-refractivity contribution in [2.24, 2.45) is 5.92 Å². The van der Waals surface area contributed by atoms with Crippen molar-refractivity contribution in [3.8, 4) is 0 Å². The fourth-order valence-electron chi connectivity index (χ4n) is 5.00. The second kappa shape index (κ2) is 7.76. The van der Waals surface area contributed by atoms with Crippen LogP contribution in [0.2, 0.25) is 0 Å². The van der Waals surface area contributed by atoms with Crippen LogP contribution in [0.25, 0.3) is 10.9 Å². The third-order valence-corrected chi connectivity index (χ3v) is 5.89. The molecule has 0 radical (unpaired) electrons. The van der Waals surface area contributed by atoms with Gasteiger partial charge < -0.3 is 10.5 Å². The van der Waals surface area contributed by atoms with Crippen LogP contribution in [-0.4, -0.2) is 38.5 Å². The Kier molecular flexibility index (Phi) is 5.95. The number of carbonyl (C=O) groups excluding carboxylic acids is 1. The molecule has 2 atom stereocenters. The lowest BCUT2D eigenvalue weighted by atomic mass is 9.76. The molecular formula is C20H23Cl3N2O2. The summed E-state index contributed by atoms with van der Waals surface area (Å²) in [5, 5.41) is 1.36. The summed E-state index contributed by atoms with van der Waals surface area (Å²) in [5.74, 6) is 0.871. The molecule has 2 aromatic rings. The Balaban J connectivity index is 0.000000386. The first-order chi connectivity index (χ1) is 12.4. The number of ketones is 1. The quantitative estimate of drug-likeness (QED) is 0.686. The Labute approximate surface area is 173 Å². The van der Waals surface area contributed by atoms with Crippen LogP contribution in [0.1, 0.15) is 31.0 Å². The average Bonchev–Trinajstić information content (AvgIpc) is 3.08. The Hall–Kier alpha value is -1.04. The minimum atomic E-state index is -0.750. The van der Waals surface area contributed by atoms with E-state index in [9.17, 15) is 4.79 Å². The SMILES string of the molecule is CC(=O)C1=C[C@@]23C[C@@H](C1)CN2CCc1c3[nH]c2ccccc12.ClC(Cl)Cl.O. The van der Waals surface area contributed by atoms with Crippen molar-refractivity contribution in [2.45, 2.75) is 36.0 Å². The first kappa shape index (κ1) is 20.7. The van der Waals surface area contributed by atoms with Crippen molar-refractivity contribution < 1.29 is 10.3 Å². The number of benzene rings is 1. The topological polar surface area (TPSA) is 67.6 Å². The van der Waals surface area contributed by atoms with Gasteiger partial charge in [-0.25, -0.2) is 0 Å². The number of hydrogen-bond donors (Lipinski definition) is 1. The van der Waals surface area contributed by atoms with E-state index in [1.54, 1.807) is 6.92 Å². The van der Waals surface area contributed by atoms with Crippen LogP contribution in [0.4, 0.5) is 0 Å². The van der Waals surface area contributed by atoms with E-state index in [1.165, 1.54) is 22.2 Å². The Morgan fingerprint density at radius 3 is 2.70 bits per heavy atom. The minimum Gasteiger partial charge on any atom is -0.412 e. The zero-order chi connectivity index (χ0) is 18.5. The second-order valence-corrected chi connectivity index (χ2v) is 9.37. The van der Waals surface area contributed by atoms with Crippen molar-refractivity contribution in [1.82, 2.24) is 9.88 Å². The highest BCUT2D eigenvalue weighted by molar-refractivity contribution is 6.63. The molecule has 1 aromatic carbocycles. The van der Waals surface area contributed by atoms with Gasteiger partial charge >= 0.3 is 0 Å². The molecule has 3 N–H and O–H groups in total. The maximum absolute atomic E-state index is 12.0. The van der Waals surface area contributed by atoms with Crippen molar-refractivity contribution >= 4 is 51.5 Å². The molecule has 1 saturated heterocycles. The van der Waals surface area contributed by atoms with Crippen molar-refractivity contribution in [3.05, 3.63) is 47.2 Å². The van der Waals surface area contributed by atoms with Crippen molar-refractivity contribution in [2.75, 3.05) is 13.1 Å². The standard InChI is InChI=1S/C19H20N2O.CHCl3.H2O/c1-12(22)14-8-13-9-19(10-14)18-16(6-7-21(19)11-13)15-4-2-3-5-17(15)20-18;2-1(3)4;/h2-5,10,13,20H,6-9,11H2,1H3;1H;1H2/t13-,19-;;/m1../s1. The molecule has 1 aliphatic carbocycles. The molecule has 3 heterocycles. The van der Waals surface area contributed by atoms with Crippen LogP contribution in [0, 0.1) is 5.92 Å². The van der Waals surface area contributed by atoms with Crippen molar-refractivity contribution in [3.63, 3.8) is 0 Å². The molecule has 1 spiro atoms. The summed E-state index contributed by atoms with van der Waals surface area (Å²) < 4.78 is -0.750. The van der Waals surface area contributed by atoms with E-state index in [0.717, 1.165) is 37.9 Å². The fourth-order valence-corrected chi connectivity index (χ4v) is 5.00. The van der Waals surface area contributed by atoms with Gasteiger partial charge in [0.05, 0.1) is 5.54 Å². The molecule has 146 valence electrons. The largest absolute Gasteiger partial charge is 0.412 e. The summed E-state index contributed by atoms with van der Waals surface area (Å²) in [7, 11) is 0. The Morgan fingerprint density at radius 2 is 2.00 bits per heavy atom. The van der Waals surface area contributed by atoms with E-state index in [2.05, 4.69) is 40.2 Å². The highest BCUT2D eigenvalue weighted by atomic mass is 35.6. The van der Waals surface area contributed by atoms with Gasteiger partial charge in [0.15, 0.2) is 10.1 Å². The van der Waals surface area contributed by atoms with Gasteiger partial charge in [0.25, 0.3) is 0 Å². The molecule has 0 amide bonds. The maximum Gasteiger partial charge on any atom is 0.180 e. The predicted octanol–water partition coefficient (Wildman–Crippen LogP) is 4.32. The zero-order valence-corrected chi connectivity index (χ0v) is 17.3. The summed E-state index contributed by atoms with van der Waals surface area (Å²) >= 11 is 14.4. The van der Waals surface area contributed by atoms with Crippen LogP contribution < -0.4 is 0 Å². The molecule has 2 bridgehead atoms. The number of aromatic amines is 1. The molecular weight excluding hydrogens is 407 g/mol. The molecule has 5 rings (SSSR count). The summed E-state index contributed by atoms with van der Waals surface area (Å²) in [6.45, 7) is 3.95. The van der Waals surface area contributed by atoms with Gasteiger partial charge in [0, 0.05) is 29.7 Å². The molecule has 2 aliphatic heterocycles. The smallest absolute Gasteiger partial charge is 0.180 e. The van der Waals surface area contributed by atoms with E-state index in [0.29, 0.717) is 5.92 Å². The number of halogens is 3. The number of para-hydroxylation sites is 1. The van der Waals surface area contributed by atoms with Gasteiger partial charge in [-0.05, 0) is 49.3 Å². The highest BCUT2D eigenvalue weighted by Gasteiger charge is 2.52. The van der Waals surface area contributed by atoms with Crippen LogP contribution >= 0.6 is 34.8 Å². The van der Waals surface area contributed by atoms with Gasteiger partial charge in [0.1, 0.15) is 0 Å². The van der Waals surface area contributed by atoms with E-state index in [-0.39, 0.29) is 16.8 Å². The van der Waals surface area contributed by atoms with E-state index >= 15 is 0 Å². The number of hydrogen-bond acceptors (Lipinski definition) is 2. The summed E-state index contributed by atoms with van der Waals surface area (Å²) in [5.41, 5.74) is 5.02. The zero-order valence-electron chi connectivity index (χ0n) is 15.1. The van der Waals surface area contributed by atoms with Crippen LogP contribution in [0.15, 0.2) is 35.9 Å². The Morgan fingerprint density at radius 1 is 1.30 bits per heavy atom. The number of nitrogens with zero attached hydrogens (tertiary/aromatic N) is 1. The third-order valence-electron chi connectivity index (χ3n) is 5.89. The summed E-state index contributed by atoms with van der Waals surface area (Å²) in [4.78, 5) is 18.3. The van der Waals surface area contributed by atoms with Gasteiger partial charge in [-0.15, -0.1) is 0 Å². The van der Waals surface area contributed by atoms with Gasteiger partial charge in [-0.3, -0.25) is 9.69 Å². The maximum atomic E-state index is 12.0. The number of Topliss-reactive ketones (excluding diaryl/α,β-unsaturated/α-hetero) is 1. The number of nitrogens with one attached hydrogen (secondary N) is 1. The first-order valence-corrected chi connectivity index (χ1v) is 10.2. The van der Waals surface area contributed by atoms with E-state index in [1.807, 2.05) is 0 Å². The lowest BCUT2D eigenvalue weighted by Crippen LogP contribution is -2.45. The highest BCUT2D eigenvalue weighted by Crippen LogP contribution is 2.52. The second-order valence-electron chi connectivity index (χ2n) is 7.39. The minimum absolute atomic E-state index is 0.